The quantitative estimate of drug-likeness (QED) is 0.534. The zero-order valence-electron chi connectivity index (χ0n) is 20.5. The van der Waals surface area contributed by atoms with Crippen molar-refractivity contribution in [2.75, 3.05) is 32.9 Å². The van der Waals surface area contributed by atoms with Gasteiger partial charge in [0.15, 0.2) is 11.4 Å². The van der Waals surface area contributed by atoms with E-state index in [-0.39, 0.29) is 26.1 Å². The number of alkyl halides is 3. The summed E-state index contributed by atoms with van der Waals surface area (Å²) >= 11 is 0. The summed E-state index contributed by atoms with van der Waals surface area (Å²) < 4.78 is 69.5. The lowest BCUT2D eigenvalue weighted by atomic mass is 9.78. The van der Waals surface area contributed by atoms with E-state index in [2.05, 4.69) is 12.0 Å². The first-order valence-electron chi connectivity index (χ1n) is 12.0. The largest absolute Gasteiger partial charge is 0.416 e. The van der Waals surface area contributed by atoms with Crippen LogP contribution in [-0.2, 0) is 41.3 Å². The van der Waals surface area contributed by atoms with Crippen molar-refractivity contribution >= 4 is 5.91 Å². The van der Waals surface area contributed by atoms with Crippen molar-refractivity contribution in [3.8, 4) is 0 Å². The highest BCUT2D eigenvalue weighted by Crippen LogP contribution is 2.44. The van der Waals surface area contributed by atoms with Crippen LogP contribution < -0.4 is 5.43 Å². The van der Waals surface area contributed by atoms with Gasteiger partial charge in [-0.15, -0.1) is 6.58 Å². The van der Waals surface area contributed by atoms with Crippen molar-refractivity contribution < 1.29 is 41.7 Å². The second-order valence-corrected chi connectivity index (χ2v) is 9.73. The average Bonchev–Trinajstić information content (AvgIpc) is 3.15. The normalized spacial score (nSPS) is 30.5. The molecule has 0 unspecified atom stereocenters. The molecule has 200 valence electrons. The Balaban J connectivity index is 1.61. The Labute approximate surface area is 208 Å². The van der Waals surface area contributed by atoms with Gasteiger partial charge in [0.25, 0.3) is 5.91 Å². The molecule has 0 aromatic heterocycles. The lowest BCUT2D eigenvalue weighted by Gasteiger charge is -2.44. The molecule has 2 saturated heterocycles. The van der Waals surface area contributed by atoms with E-state index in [1.807, 2.05) is 0 Å². The Bertz CT molecular complexity index is 937. The van der Waals surface area contributed by atoms with Crippen LogP contribution in [-0.4, -0.2) is 73.5 Å². The summed E-state index contributed by atoms with van der Waals surface area (Å²) in [6.07, 6.45) is -4.09. The molecule has 4 rings (SSSR count). The molecule has 3 aliphatic rings. The predicted molar refractivity (Wildman–Crippen MR) is 122 cm³/mol. The third kappa shape index (κ3) is 6.27. The number of benzene rings is 1. The minimum atomic E-state index is -4.48. The van der Waals surface area contributed by atoms with E-state index in [1.165, 1.54) is 6.07 Å². The van der Waals surface area contributed by atoms with Gasteiger partial charge in [0.2, 0.25) is 0 Å². The highest BCUT2D eigenvalue weighted by Gasteiger charge is 2.58. The van der Waals surface area contributed by atoms with Crippen LogP contribution in [0.5, 0.6) is 0 Å². The summed E-state index contributed by atoms with van der Waals surface area (Å²) in [5.74, 6) is -1.29. The molecular formula is C25H33F3N2O6. The van der Waals surface area contributed by atoms with Crippen molar-refractivity contribution in [1.82, 2.24) is 10.4 Å². The molecular weight excluding hydrogens is 481 g/mol. The van der Waals surface area contributed by atoms with Crippen molar-refractivity contribution in [1.29, 1.82) is 0 Å². The van der Waals surface area contributed by atoms with Crippen molar-refractivity contribution in [2.45, 2.75) is 69.2 Å². The number of carbonyl (C=O) groups is 1. The van der Waals surface area contributed by atoms with Gasteiger partial charge in [0.05, 0.1) is 44.2 Å². The number of nitrogens with one attached hydrogen (secondary N) is 1. The standard InChI is InChI=1S/C25H33F3N2O6/c1-4-10-33-19-14-24(15-20-21(19)36-23(2,3)35-20,22(31)29-30-8-11-32-12-9-30)34-16-17-6-5-7-18(13-17)25(26,27)28/h4-7,13,19-21H,1,8-12,14-16H2,2-3H3,(H,29,31)/t19-,20+,21-,24+/m0/s1. The Morgan fingerprint density at radius 3 is 2.69 bits per heavy atom. The zero-order chi connectivity index (χ0) is 26.0. The van der Waals surface area contributed by atoms with Crippen LogP contribution in [0.3, 0.4) is 0 Å². The lowest BCUT2D eigenvalue weighted by Crippen LogP contribution is -2.63. The SMILES string of the molecule is C=CCO[C@H]1C[C@](OCc2cccc(C(F)(F)F)c2)(C(=O)NN2CCOCC2)C[C@H]2OC(C)(C)O[C@@H]12. The molecule has 0 spiro atoms. The highest BCUT2D eigenvalue weighted by molar-refractivity contribution is 5.85. The first kappa shape index (κ1) is 27.0. The molecule has 1 amide bonds. The van der Waals surface area contributed by atoms with Crippen LogP contribution >= 0.6 is 0 Å². The van der Waals surface area contributed by atoms with Gasteiger partial charge in [-0.2, -0.15) is 13.2 Å². The summed E-state index contributed by atoms with van der Waals surface area (Å²) in [5, 5.41) is 1.75. The van der Waals surface area contributed by atoms with Crippen LogP contribution in [0.2, 0.25) is 0 Å². The molecule has 0 bridgehead atoms. The number of ether oxygens (including phenoxy) is 5. The van der Waals surface area contributed by atoms with E-state index in [0.29, 0.717) is 31.9 Å². The maximum absolute atomic E-state index is 13.7. The second-order valence-electron chi connectivity index (χ2n) is 9.73. The molecule has 0 radical (unpaired) electrons. The number of fused-ring (bicyclic) bond motifs is 1. The molecule has 2 heterocycles. The number of hydrogen-bond donors (Lipinski definition) is 1. The molecule has 8 nitrogen and oxygen atoms in total. The minimum absolute atomic E-state index is 0.135. The number of amides is 1. The number of nitrogens with zero attached hydrogens (tertiary/aromatic N) is 1. The third-order valence-corrected chi connectivity index (χ3v) is 6.53. The minimum Gasteiger partial charge on any atom is -0.379 e. The summed E-state index contributed by atoms with van der Waals surface area (Å²) in [6.45, 7) is 9.25. The molecule has 1 N–H and O–H groups in total. The average molecular weight is 515 g/mol. The van der Waals surface area contributed by atoms with Crippen molar-refractivity contribution in [3.05, 3.63) is 48.0 Å². The summed E-state index contributed by atoms with van der Waals surface area (Å²) in [6, 6.07) is 4.90. The molecule has 1 saturated carbocycles. The van der Waals surface area contributed by atoms with Crippen LogP contribution in [0, 0.1) is 0 Å². The molecule has 3 fully saturated rings. The van der Waals surface area contributed by atoms with Gasteiger partial charge in [0.1, 0.15) is 6.10 Å². The van der Waals surface area contributed by atoms with E-state index in [4.69, 9.17) is 23.7 Å². The van der Waals surface area contributed by atoms with E-state index in [0.717, 1.165) is 12.1 Å². The summed E-state index contributed by atoms with van der Waals surface area (Å²) in [4.78, 5) is 13.7. The van der Waals surface area contributed by atoms with Gasteiger partial charge in [-0.3, -0.25) is 10.2 Å². The van der Waals surface area contributed by atoms with E-state index < -0.39 is 47.3 Å². The fraction of sp³-hybridized carbons (Fsp3) is 0.640. The van der Waals surface area contributed by atoms with Gasteiger partial charge in [-0.1, -0.05) is 18.2 Å². The fourth-order valence-electron chi connectivity index (χ4n) is 4.88. The molecule has 2 aliphatic heterocycles. The van der Waals surface area contributed by atoms with Crippen LogP contribution in [0.25, 0.3) is 0 Å². The van der Waals surface area contributed by atoms with E-state index in [1.54, 1.807) is 31.0 Å². The predicted octanol–water partition coefficient (Wildman–Crippen LogP) is 3.21. The Morgan fingerprint density at radius 2 is 2.00 bits per heavy atom. The maximum Gasteiger partial charge on any atom is 0.416 e. The van der Waals surface area contributed by atoms with Crippen LogP contribution in [0.4, 0.5) is 13.2 Å². The first-order valence-corrected chi connectivity index (χ1v) is 12.0. The Morgan fingerprint density at radius 1 is 1.25 bits per heavy atom. The lowest BCUT2D eigenvalue weighted by molar-refractivity contribution is -0.185. The number of morpholine rings is 1. The molecule has 11 heteroatoms. The Kier molecular flexibility index (Phi) is 8.08. The zero-order valence-corrected chi connectivity index (χ0v) is 20.5. The first-order chi connectivity index (χ1) is 17.0. The number of hydrazine groups is 1. The van der Waals surface area contributed by atoms with Crippen molar-refractivity contribution in [2.24, 2.45) is 0 Å². The maximum atomic E-state index is 13.7. The number of halogens is 3. The second kappa shape index (κ2) is 10.8. The number of carbonyl (C=O) groups excluding carboxylic acids is 1. The monoisotopic (exact) mass is 514 g/mol. The molecule has 1 aromatic carbocycles. The Hall–Kier alpha value is -2.02. The van der Waals surface area contributed by atoms with Gasteiger partial charge in [-0.25, -0.2) is 5.01 Å². The molecule has 36 heavy (non-hydrogen) atoms. The highest BCUT2D eigenvalue weighted by atomic mass is 19.4. The summed E-state index contributed by atoms with van der Waals surface area (Å²) in [7, 11) is 0. The topological polar surface area (TPSA) is 78.5 Å². The van der Waals surface area contributed by atoms with Crippen molar-refractivity contribution in [3.63, 3.8) is 0 Å². The molecule has 4 atom stereocenters. The van der Waals surface area contributed by atoms with Gasteiger partial charge < -0.3 is 23.7 Å². The fourth-order valence-corrected chi connectivity index (χ4v) is 4.88. The molecule has 1 aliphatic carbocycles. The van der Waals surface area contributed by atoms with Gasteiger partial charge in [-0.05, 0) is 31.5 Å². The smallest absolute Gasteiger partial charge is 0.379 e. The van der Waals surface area contributed by atoms with Gasteiger partial charge >= 0.3 is 6.18 Å². The summed E-state index contributed by atoms with van der Waals surface area (Å²) in [5.41, 5.74) is 1.02. The van der Waals surface area contributed by atoms with E-state index >= 15 is 0 Å². The third-order valence-electron chi connectivity index (χ3n) is 6.53. The van der Waals surface area contributed by atoms with Crippen LogP contribution in [0.15, 0.2) is 36.9 Å². The number of rotatable bonds is 8. The van der Waals surface area contributed by atoms with Gasteiger partial charge in [0, 0.05) is 25.9 Å². The van der Waals surface area contributed by atoms with Crippen LogP contribution in [0.1, 0.15) is 37.8 Å². The molecule has 1 aromatic rings. The number of hydrogen-bond acceptors (Lipinski definition) is 7. The van der Waals surface area contributed by atoms with E-state index in [9.17, 15) is 18.0 Å².